The Hall–Kier alpha value is -2.14. The normalized spacial score (nSPS) is 13.3. The van der Waals surface area contributed by atoms with Gasteiger partial charge in [-0.2, -0.15) is 0 Å². The van der Waals surface area contributed by atoms with E-state index in [1.54, 1.807) is 19.2 Å². The Balaban J connectivity index is 2.20. The van der Waals surface area contributed by atoms with Crippen LogP contribution in [0.2, 0.25) is 0 Å². The van der Waals surface area contributed by atoms with E-state index in [1.165, 1.54) is 0 Å². The van der Waals surface area contributed by atoms with Crippen LogP contribution in [0, 0.1) is 0 Å². The lowest BCUT2D eigenvalue weighted by atomic mass is 10.3. The molecule has 0 aliphatic carbocycles. The molecular weight excluding hydrogens is 272 g/mol. The Kier molecular flexibility index (Phi) is 4.20. The lowest BCUT2D eigenvalue weighted by molar-refractivity contribution is 0.415. The molecule has 2 N–H and O–H groups in total. The fourth-order valence-corrected chi connectivity index (χ4v) is 2.96. The highest BCUT2D eigenvalue weighted by molar-refractivity contribution is 8.01. The number of methoxy groups -OCH3 is 1. The first-order chi connectivity index (χ1) is 9.55. The number of hydrogen-bond acceptors (Lipinski definition) is 3. The molecule has 0 saturated heterocycles. The van der Waals surface area contributed by atoms with Gasteiger partial charge in [0.15, 0.2) is 0 Å². The van der Waals surface area contributed by atoms with E-state index in [9.17, 15) is 4.21 Å². The quantitative estimate of drug-likeness (QED) is 0.833. The monoisotopic (exact) mass is 290 g/mol. The van der Waals surface area contributed by atoms with Gasteiger partial charge >= 0.3 is 0 Å². The highest BCUT2D eigenvalue weighted by atomic mass is 32.2. The van der Waals surface area contributed by atoms with Gasteiger partial charge in [0.25, 0.3) is 0 Å². The van der Waals surface area contributed by atoms with Crippen LogP contribution in [0.1, 0.15) is 0 Å². The summed E-state index contributed by atoms with van der Waals surface area (Å²) in [5.74, 6) is 4.55. The van der Waals surface area contributed by atoms with E-state index in [0.29, 0.717) is 4.90 Å². The molecule has 0 aliphatic heterocycles. The number of anilines is 2. The van der Waals surface area contributed by atoms with Crippen molar-refractivity contribution in [1.82, 2.24) is 0 Å². The van der Waals surface area contributed by atoms with Crippen LogP contribution in [0.15, 0.2) is 53.4 Å². The molecule has 2 aromatic rings. The predicted molar refractivity (Wildman–Crippen MR) is 86.1 cm³/mol. The van der Waals surface area contributed by atoms with Crippen molar-refractivity contribution in [2.75, 3.05) is 24.2 Å². The maximum Gasteiger partial charge on any atom is 0.119 e. The fraction of sp³-hybridized carbons (Fsp3) is 0.133. The molecule has 0 bridgehead atoms. The van der Waals surface area contributed by atoms with Crippen LogP contribution in [0.4, 0.5) is 11.4 Å². The molecule has 0 radical (unpaired) electrons. The minimum atomic E-state index is -2.58. The summed E-state index contributed by atoms with van der Waals surface area (Å²) < 4.78 is 20.7. The maximum absolute atomic E-state index is 12.6. The van der Waals surface area contributed by atoms with Crippen LogP contribution in [0.25, 0.3) is 0 Å². The molecule has 0 heterocycles. The van der Waals surface area contributed by atoms with Crippen molar-refractivity contribution < 1.29 is 8.95 Å². The second kappa shape index (κ2) is 5.88. The van der Waals surface area contributed by atoms with Crippen LogP contribution in [-0.2, 0) is 9.71 Å². The maximum atomic E-state index is 12.6. The minimum Gasteiger partial charge on any atom is -0.497 e. The van der Waals surface area contributed by atoms with E-state index in [-0.39, 0.29) is 0 Å². The molecule has 2 aromatic carbocycles. The van der Waals surface area contributed by atoms with Crippen LogP contribution in [0.5, 0.6) is 5.75 Å². The number of nitrogens with one attached hydrogen (secondary N) is 2. The zero-order valence-electron chi connectivity index (χ0n) is 11.6. The van der Waals surface area contributed by atoms with Crippen LogP contribution in [-0.4, -0.2) is 24.2 Å². The first-order valence-electron chi connectivity index (χ1n) is 6.12. The van der Waals surface area contributed by atoms with Gasteiger partial charge in [-0.05, 0) is 54.4 Å². The lowest BCUT2D eigenvalue weighted by Crippen LogP contribution is -2.12. The molecule has 0 fully saturated rings. The summed E-state index contributed by atoms with van der Waals surface area (Å²) in [7, 11) is 0.870. The molecule has 2 rings (SSSR count). The van der Waals surface area contributed by atoms with Crippen LogP contribution >= 0.6 is 0 Å². The third kappa shape index (κ3) is 3.24. The number of rotatable bonds is 5. The summed E-state index contributed by atoms with van der Waals surface area (Å²) in [5.41, 5.74) is 1.71. The molecular formula is C15H18N2O2S. The third-order valence-corrected chi connectivity index (χ3v) is 4.50. The van der Waals surface area contributed by atoms with Crippen molar-refractivity contribution >= 4 is 27.0 Å². The molecule has 0 spiro atoms. The topological polar surface area (TPSA) is 50.4 Å². The van der Waals surface area contributed by atoms with E-state index < -0.39 is 9.71 Å². The summed E-state index contributed by atoms with van der Waals surface area (Å²) in [6, 6.07) is 14.6. The molecule has 5 heteroatoms. The van der Waals surface area contributed by atoms with Gasteiger partial charge in [0.1, 0.15) is 5.75 Å². The highest BCUT2D eigenvalue weighted by Crippen LogP contribution is 2.20. The first-order valence-corrected chi connectivity index (χ1v) is 7.85. The van der Waals surface area contributed by atoms with Crippen molar-refractivity contribution in [2.45, 2.75) is 4.90 Å². The summed E-state index contributed by atoms with van der Waals surface area (Å²) in [4.78, 5) is 0.660. The Morgan fingerprint density at radius 3 is 2.05 bits per heavy atom. The van der Waals surface area contributed by atoms with Gasteiger partial charge < -0.3 is 14.8 Å². The van der Waals surface area contributed by atoms with Gasteiger partial charge in [-0.15, -0.1) is 0 Å². The zero-order chi connectivity index (χ0) is 14.6. The average molecular weight is 290 g/mol. The Labute approximate surface area is 119 Å². The molecule has 0 aliphatic rings. The number of benzene rings is 2. The van der Waals surface area contributed by atoms with Gasteiger partial charge in [-0.3, -0.25) is 0 Å². The van der Waals surface area contributed by atoms with Crippen LogP contribution < -0.4 is 14.8 Å². The smallest absolute Gasteiger partial charge is 0.119 e. The molecule has 1 atom stereocenters. The summed E-state index contributed by atoms with van der Waals surface area (Å²) >= 11 is 0. The second-order valence-electron chi connectivity index (χ2n) is 4.28. The zero-order valence-corrected chi connectivity index (χ0v) is 12.4. The van der Waals surface area contributed by atoms with E-state index >= 15 is 0 Å². The van der Waals surface area contributed by atoms with Gasteiger partial charge in [0, 0.05) is 23.3 Å². The average Bonchev–Trinajstić information content (AvgIpc) is 2.48. The van der Waals surface area contributed by atoms with E-state index in [1.807, 2.05) is 43.4 Å². The summed E-state index contributed by atoms with van der Waals surface area (Å²) in [6.07, 6.45) is 0. The van der Waals surface area contributed by atoms with Crippen LogP contribution in [0.3, 0.4) is 0 Å². The SMILES string of the molecule is C=S(=O)(Nc1ccc(OC)cc1)c1ccc(NC)cc1. The van der Waals surface area contributed by atoms with Crippen molar-refractivity contribution in [3.05, 3.63) is 48.5 Å². The van der Waals surface area contributed by atoms with Gasteiger partial charge in [-0.25, -0.2) is 4.21 Å². The van der Waals surface area contributed by atoms with Crippen molar-refractivity contribution in [1.29, 1.82) is 0 Å². The standard InChI is InChI=1S/C15H18N2O2S/c1-16-12-6-10-15(11-7-12)20(3,18)17-13-4-8-14(19-2)9-5-13/h4-11,16H,3H2,1-2H3,(H,17,18). The van der Waals surface area contributed by atoms with E-state index in [4.69, 9.17) is 4.74 Å². The lowest BCUT2D eigenvalue weighted by Gasteiger charge is -2.13. The number of ether oxygens (including phenoxy) is 1. The first kappa shape index (κ1) is 14.3. The van der Waals surface area contributed by atoms with Gasteiger partial charge in [0.05, 0.1) is 16.8 Å². The molecule has 0 amide bonds. The molecule has 1 unspecified atom stereocenters. The van der Waals surface area contributed by atoms with Gasteiger partial charge in [-0.1, -0.05) is 0 Å². The molecule has 106 valence electrons. The molecule has 4 nitrogen and oxygen atoms in total. The predicted octanol–water partition coefficient (Wildman–Crippen LogP) is 2.84. The van der Waals surface area contributed by atoms with Crippen molar-refractivity contribution in [3.8, 4) is 5.75 Å². The fourth-order valence-electron chi connectivity index (χ4n) is 1.75. The summed E-state index contributed by atoms with van der Waals surface area (Å²) in [6.45, 7) is 0. The largest absolute Gasteiger partial charge is 0.497 e. The number of hydrogen-bond donors (Lipinski definition) is 2. The second-order valence-corrected chi connectivity index (χ2v) is 6.31. The summed E-state index contributed by atoms with van der Waals surface area (Å²) in [5, 5.41) is 3.02. The van der Waals surface area contributed by atoms with E-state index in [2.05, 4.69) is 15.9 Å². The Morgan fingerprint density at radius 1 is 1.00 bits per heavy atom. The van der Waals surface area contributed by atoms with Gasteiger partial charge in [0.2, 0.25) is 0 Å². The molecule has 0 aromatic heterocycles. The Bertz CT molecular complexity index is 662. The molecule has 0 saturated carbocycles. The Morgan fingerprint density at radius 2 is 1.55 bits per heavy atom. The minimum absolute atomic E-state index is 0.660. The van der Waals surface area contributed by atoms with Crippen molar-refractivity contribution in [2.24, 2.45) is 0 Å². The van der Waals surface area contributed by atoms with E-state index in [0.717, 1.165) is 17.1 Å². The van der Waals surface area contributed by atoms with Crippen molar-refractivity contribution in [3.63, 3.8) is 0 Å². The third-order valence-electron chi connectivity index (χ3n) is 2.90. The highest BCUT2D eigenvalue weighted by Gasteiger charge is 2.07. The molecule has 20 heavy (non-hydrogen) atoms.